The zero-order valence-electron chi connectivity index (χ0n) is 12.2. The molecular formula is C14H16Cl2N4O2. The van der Waals surface area contributed by atoms with Crippen LogP contribution in [0.4, 0.5) is 10.5 Å². The Morgan fingerprint density at radius 1 is 1.36 bits per heavy atom. The minimum absolute atomic E-state index is 0.332. The Morgan fingerprint density at radius 2 is 2.05 bits per heavy atom. The van der Waals surface area contributed by atoms with E-state index in [0.29, 0.717) is 34.4 Å². The Balaban J connectivity index is 1.86. The summed E-state index contributed by atoms with van der Waals surface area (Å²) < 4.78 is 6.77. The van der Waals surface area contributed by atoms with Crippen LogP contribution < -0.4 is 15.4 Å². The monoisotopic (exact) mass is 342 g/mol. The van der Waals surface area contributed by atoms with Crippen LogP contribution in [-0.2, 0) is 13.5 Å². The molecule has 0 saturated carbocycles. The van der Waals surface area contributed by atoms with Gasteiger partial charge in [0.05, 0.1) is 23.4 Å². The topological polar surface area (TPSA) is 68.2 Å². The number of carbonyl (C=O) groups excluding carboxylic acids is 1. The minimum Gasteiger partial charge on any atom is -0.494 e. The second-order valence-corrected chi connectivity index (χ2v) is 5.44. The first-order chi connectivity index (χ1) is 10.5. The number of hydrogen-bond donors (Lipinski definition) is 2. The van der Waals surface area contributed by atoms with Gasteiger partial charge in [0, 0.05) is 25.5 Å². The number of nitrogens with zero attached hydrogens (tertiary/aromatic N) is 2. The quantitative estimate of drug-likeness (QED) is 0.877. The summed E-state index contributed by atoms with van der Waals surface area (Å²) in [6.45, 7) is 0.495. The van der Waals surface area contributed by atoms with E-state index in [-0.39, 0.29) is 6.03 Å². The van der Waals surface area contributed by atoms with Gasteiger partial charge in [0.25, 0.3) is 0 Å². The molecule has 0 fully saturated rings. The van der Waals surface area contributed by atoms with Crippen LogP contribution in [0.2, 0.25) is 10.0 Å². The Bertz CT molecular complexity index is 650. The third-order valence-electron chi connectivity index (χ3n) is 2.92. The summed E-state index contributed by atoms with van der Waals surface area (Å²) in [6.07, 6.45) is 4.37. The van der Waals surface area contributed by atoms with Crippen LogP contribution in [-0.4, -0.2) is 29.5 Å². The van der Waals surface area contributed by atoms with E-state index in [9.17, 15) is 4.79 Å². The number of aryl methyl sites for hydroxylation is 1. The predicted molar refractivity (Wildman–Crippen MR) is 86.9 cm³/mol. The van der Waals surface area contributed by atoms with E-state index in [1.54, 1.807) is 23.0 Å². The molecule has 118 valence electrons. The average molecular weight is 343 g/mol. The van der Waals surface area contributed by atoms with Crippen LogP contribution in [0.1, 0.15) is 5.56 Å². The van der Waals surface area contributed by atoms with E-state index < -0.39 is 0 Å². The summed E-state index contributed by atoms with van der Waals surface area (Å²) in [6, 6.07) is 2.82. The number of anilines is 1. The second kappa shape index (κ2) is 7.38. The molecule has 1 aromatic carbocycles. The molecule has 6 nitrogen and oxygen atoms in total. The highest BCUT2D eigenvalue weighted by Gasteiger charge is 2.10. The maximum atomic E-state index is 11.8. The number of urea groups is 1. The molecule has 22 heavy (non-hydrogen) atoms. The molecule has 2 amide bonds. The first-order valence-corrected chi connectivity index (χ1v) is 7.30. The molecule has 2 N–H and O–H groups in total. The highest BCUT2D eigenvalue weighted by Crippen LogP contribution is 2.35. The summed E-state index contributed by atoms with van der Waals surface area (Å²) in [7, 11) is 3.33. The van der Waals surface area contributed by atoms with E-state index in [1.807, 2.05) is 13.2 Å². The zero-order chi connectivity index (χ0) is 16.1. The fourth-order valence-electron chi connectivity index (χ4n) is 1.92. The van der Waals surface area contributed by atoms with Crippen molar-refractivity contribution in [2.24, 2.45) is 7.05 Å². The highest BCUT2D eigenvalue weighted by atomic mass is 35.5. The van der Waals surface area contributed by atoms with E-state index in [4.69, 9.17) is 27.9 Å². The lowest BCUT2D eigenvalue weighted by Gasteiger charge is -2.10. The zero-order valence-corrected chi connectivity index (χ0v) is 13.7. The molecule has 0 spiro atoms. The van der Waals surface area contributed by atoms with Crippen LogP contribution in [0.25, 0.3) is 0 Å². The summed E-state index contributed by atoms with van der Waals surface area (Å²) >= 11 is 12.0. The number of hydrogen-bond acceptors (Lipinski definition) is 3. The van der Waals surface area contributed by atoms with Crippen molar-refractivity contribution in [3.8, 4) is 5.75 Å². The molecule has 2 rings (SSSR count). The fraction of sp³-hybridized carbons (Fsp3) is 0.286. The van der Waals surface area contributed by atoms with Crippen LogP contribution in [0.15, 0.2) is 24.5 Å². The number of ether oxygens (including phenoxy) is 1. The van der Waals surface area contributed by atoms with Crippen molar-refractivity contribution in [2.45, 2.75) is 6.42 Å². The van der Waals surface area contributed by atoms with Crippen molar-refractivity contribution in [3.63, 3.8) is 0 Å². The summed E-state index contributed by atoms with van der Waals surface area (Å²) in [4.78, 5) is 11.8. The standard InChI is InChI=1S/C14H16Cl2N4O2/c1-20-8-9(7-18-20)3-4-17-14(21)19-10-5-11(15)13(22-2)12(16)6-10/h5-8H,3-4H2,1-2H3,(H2,17,19,21). The average Bonchev–Trinajstić information content (AvgIpc) is 2.84. The molecule has 0 atom stereocenters. The number of rotatable bonds is 5. The third-order valence-corrected chi connectivity index (χ3v) is 3.48. The lowest BCUT2D eigenvalue weighted by molar-refractivity contribution is 0.252. The van der Waals surface area contributed by atoms with Crippen LogP contribution in [0.5, 0.6) is 5.75 Å². The first-order valence-electron chi connectivity index (χ1n) is 6.55. The van der Waals surface area contributed by atoms with Crippen molar-refractivity contribution in [1.82, 2.24) is 15.1 Å². The molecule has 0 unspecified atom stereocenters. The van der Waals surface area contributed by atoms with Gasteiger partial charge in [-0.15, -0.1) is 0 Å². The fourth-order valence-corrected chi connectivity index (χ4v) is 2.57. The summed E-state index contributed by atoms with van der Waals surface area (Å²) in [5.74, 6) is 0.380. The molecule has 8 heteroatoms. The maximum Gasteiger partial charge on any atom is 0.319 e. The summed E-state index contributed by atoms with van der Waals surface area (Å²) in [5, 5.41) is 10.2. The van der Waals surface area contributed by atoms with Gasteiger partial charge >= 0.3 is 6.03 Å². The van der Waals surface area contributed by atoms with Gasteiger partial charge in [-0.25, -0.2) is 4.79 Å². The Morgan fingerprint density at radius 3 is 2.59 bits per heavy atom. The first kappa shape index (κ1) is 16.5. The van der Waals surface area contributed by atoms with Crippen LogP contribution >= 0.6 is 23.2 Å². The number of halogens is 2. The highest BCUT2D eigenvalue weighted by molar-refractivity contribution is 6.37. The van der Waals surface area contributed by atoms with E-state index in [2.05, 4.69) is 15.7 Å². The predicted octanol–water partition coefficient (Wildman–Crippen LogP) is 3.10. The molecule has 1 aromatic heterocycles. The Hall–Kier alpha value is -1.92. The lowest BCUT2D eigenvalue weighted by Crippen LogP contribution is -2.30. The number of benzene rings is 1. The SMILES string of the molecule is COc1c(Cl)cc(NC(=O)NCCc2cnn(C)c2)cc1Cl. The molecular weight excluding hydrogens is 327 g/mol. The molecule has 0 aliphatic carbocycles. The van der Waals surface area contributed by atoms with E-state index in [0.717, 1.165) is 5.56 Å². The number of methoxy groups -OCH3 is 1. The van der Waals surface area contributed by atoms with Gasteiger partial charge in [0.2, 0.25) is 0 Å². The number of nitrogens with one attached hydrogen (secondary N) is 2. The third kappa shape index (κ3) is 4.29. The normalized spacial score (nSPS) is 10.4. The molecule has 1 heterocycles. The van der Waals surface area contributed by atoms with E-state index >= 15 is 0 Å². The van der Waals surface area contributed by atoms with Gasteiger partial charge in [-0.05, 0) is 24.1 Å². The van der Waals surface area contributed by atoms with Crippen molar-refractivity contribution >= 4 is 34.9 Å². The lowest BCUT2D eigenvalue weighted by atomic mass is 10.2. The molecule has 0 radical (unpaired) electrons. The van der Waals surface area contributed by atoms with Gasteiger partial charge in [-0.2, -0.15) is 5.10 Å². The Labute approximate surface area is 138 Å². The van der Waals surface area contributed by atoms with Gasteiger partial charge < -0.3 is 15.4 Å². The van der Waals surface area contributed by atoms with Crippen LogP contribution in [0, 0.1) is 0 Å². The number of amides is 2. The van der Waals surface area contributed by atoms with Crippen molar-refractivity contribution in [2.75, 3.05) is 19.0 Å². The molecule has 0 aliphatic heterocycles. The molecule has 0 bridgehead atoms. The second-order valence-electron chi connectivity index (χ2n) is 4.63. The molecule has 0 saturated heterocycles. The van der Waals surface area contributed by atoms with E-state index in [1.165, 1.54) is 7.11 Å². The maximum absolute atomic E-state index is 11.8. The molecule has 2 aromatic rings. The van der Waals surface area contributed by atoms with Gasteiger partial charge in [0.15, 0.2) is 5.75 Å². The van der Waals surface area contributed by atoms with Crippen LogP contribution in [0.3, 0.4) is 0 Å². The number of carbonyl (C=O) groups is 1. The van der Waals surface area contributed by atoms with Crippen molar-refractivity contribution in [3.05, 3.63) is 40.1 Å². The number of aromatic nitrogens is 2. The minimum atomic E-state index is -0.332. The largest absolute Gasteiger partial charge is 0.494 e. The van der Waals surface area contributed by atoms with Crippen molar-refractivity contribution in [1.29, 1.82) is 0 Å². The smallest absolute Gasteiger partial charge is 0.319 e. The van der Waals surface area contributed by atoms with Gasteiger partial charge in [0.1, 0.15) is 0 Å². The van der Waals surface area contributed by atoms with Gasteiger partial charge in [-0.1, -0.05) is 23.2 Å². The van der Waals surface area contributed by atoms with Crippen molar-refractivity contribution < 1.29 is 9.53 Å². The molecule has 0 aliphatic rings. The Kier molecular flexibility index (Phi) is 5.51. The summed E-state index contributed by atoms with van der Waals surface area (Å²) in [5.41, 5.74) is 1.55. The van der Waals surface area contributed by atoms with Gasteiger partial charge in [-0.3, -0.25) is 4.68 Å².